The van der Waals surface area contributed by atoms with Crippen LogP contribution in [0.2, 0.25) is 5.02 Å². The second-order valence-corrected chi connectivity index (χ2v) is 2.06. The lowest BCUT2D eigenvalue weighted by atomic mass is 10.3. The number of benzene rings is 1. The van der Waals surface area contributed by atoms with Crippen LogP contribution in [-0.4, -0.2) is 5.21 Å². The van der Waals surface area contributed by atoms with Crippen molar-refractivity contribution in [1.82, 2.24) is 0 Å². The van der Waals surface area contributed by atoms with Crippen molar-refractivity contribution in [1.29, 1.82) is 0 Å². The molecule has 0 radical (unpaired) electrons. The highest BCUT2D eigenvalue weighted by molar-refractivity contribution is 6.30. The van der Waals surface area contributed by atoms with E-state index in [2.05, 4.69) is 0 Å². The third kappa shape index (κ3) is 1.59. The maximum atomic E-state index is 8.35. The summed E-state index contributed by atoms with van der Waals surface area (Å²) in [4.78, 5) is 0. The van der Waals surface area contributed by atoms with E-state index in [1.165, 1.54) is 0 Å². The molecule has 0 fully saturated rings. The van der Waals surface area contributed by atoms with Gasteiger partial charge < -0.3 is 0 Å². The van der Waals surface area contributed by atoms with Crippen molar-refractivity contribution in [2.45, 2.75) is 0 Å². The lowest BCUT2D eigenvalue weighted by Crippen LogP contribution is -1.86. The van der Waals surface area contributed by atoms with Gasteiger partial charge in [-0.3, -0.25) is 10.7 Å². The minimum Gasteiger partial charge on any atom is -0.291 e. The summed E-state index contributed by atoms with van der Waals surface area (Å²) in [6, 6.07) is 6.83. The molecule has 0 aromatic heterocycles. The van der Waals surface area contributed by atoms with Gasteiger partial charge in [-0.05, 0) is 18.2 Å². The van der Waals surface area contributed by atoms with Crippen LogP contribution in [0.1, 0.15) is 0 Å². The molecular weight excluding hydrogens is 138 g/mol. The highest BCUT2D eigenvalue weighted by atomic mass is 35.5. The van der Waals surface area contributed by atoms with E-state index in [0.29, 0.717) is 10.7 Å². The molecule has 0 unspecified atom stereocenters. The average Bonchev–Trinajstić information content (AvgIpc) is 1.88. The van der Waals surface area contributed by atoms with E-state index in [4.69, 9.17) is 16.8 Å². The first-order valence-corrected chi connectivity index (χ1v) is 2.86. The number of halogens is 1. The fraction of sp³-hybridized carbons (Fsp3) is 0. The lowest BCUT2D eigenvalue weighted by Gasteiger charge is -1.95. The molecule has 0 heterocycles. The predicted octanol–water partition coefficient (Wildman–Crippen LogP) is 2.14. The number of rotatable bonds is 1. The van der Waals surface area contributed by atoms with Crippen LogP contribution in [0.3, 0.4) is 0 Å². The normalized spacial score (nSPS) is 9.11. The topological polar surface area (TPSA) is 32.3 Å². The van der Waals surface area contributed by atoms with E-state index >= 15 is 0 Å². The number of anilines is 1. The Morgan fingerprint density at radius 3 is 2.67 bits per heavy atom. The first-order chi connectivity index (χ1) is 4.33. The fourth-order valence-electron chi connectivity index (χ4n) is 0.558. The number of hydrogen-bond donors (Lipinski definition) is 2. The van der Waals surface area contributed by atoms with Gasteiger partial charge in [0.1, 0.15) is 0 Å². The molecule has 0 amide bonds. The van der Waals surface area contributed by atoms with Crippen molar-refractivity contribution < 1.29 is 5.21 Å². The molecule has 0 bridgehead atoms. The Hall–Kier alpha value is -0.730. The van der Waals surface area contributed by atoms with Gasteiger partial charge in [-0.1, -0.05) is 17.7 Å². The second kappa shape index (κ2) is 2.71. The molecule has 0 saturated heterocycles. The third-order valence-corrected chi connectivity index (χ3v) is 1.19. The van der Waals surface area contributed by atoms with Gasteiger partial charge in [0.05, 0.1) is 5.69 Å². The van der Waals surface area contributed by atoms with Crippen LogP contribution >= 0.6 is 11.6 Å². The third-order valence-electron chi connectivity index (χ3n) is 0.954. The Labute approximate surface area is 58.0 Å². The zero-order valence-electron chi connectivity index (χ0n) is 4.63. The van der Waals surface area contributed by atoms with Crippen molar-refractivity contribution in [2.24, 2.45) is 0 Å². The molecule has 1 rings (SSSR count). The molecule has 0 aliphatic rings. The van der Waals surface area contributed by atoms with Crippen molar-refractivity contribution in [3.05, 3.63) is 29.3 Å². The van der Waals surface area contributed by atoms with E-state index in [0.717, 1.165) is 0 Å². The van der Waals surface area contributed by atoms with Crippen molar-refractivity contribution in [3.63, 3.8) is 0 Å². The highest BCUT2D eigenvalue weighted by Crippen LogP contribution is 2.13. The summed E-state index contributed by atoms with van der Waals surface area (Å²) >= 11 is 5.57. The Kier molecular flexibility index (Phi) is 1.92. The van der Waals surface area contributed by atoms with E-state index in [1.54, 1.807) is 24.3 Å². The minimum atomic E-state index is 0.600. The molecule has 2 N–H and O–H groups in total. The van der Waals surface area contributed by atoms with Gasteiger partial charge >= 0.3 is 0 Å². The Morgan fingerprint density at radius 2 is 2.22 bits per heavy atom. The molecule has 1 aromatic rings. The lowest BCUT2D eigenvalue weighted by molar-refractivity contribution is 0.389. The summed E-state index contributed by atoms with van der Waals surface area (Å²) in [5, 5.41) is 8.96. The molecule has 0 aliphatic heterocycles. The van der Waals surface area contributed by atoms with Crippen LogP contribution in [0.5, 0.6) is 0 Å². The fourth-order valence-corrected chi connectivity index (χ4v) is 0.748. The Balaban J connectivity index is 2.94. The monoisotopic (exact) mass is 143 g/mol. The molecule has 3 heteroatoms. The zero-order valence-corrected chi connectivity index (χ0v) is 5.39. The first kappa shape index (κ1) is 6.39. The Bertz CT molecular complexity index is 202. The summed E-state index contributed by atoms with van der Waals surface area (Å²) in [5.41, 5.74) is 2.58. The van der Waals surface area contributed by atoms with Gasteiger partial charge in [0.15, 0.2) is 0 Å². The standard InChI is InChI=1S/C6H6ClNO/c7-5-2-1-3-6(4-5)8-9/h1-4,8-9H. The SMILES string of the molecule is ONc1cccc(Cl)c1. The summed E-state index contributed by atoms with van der Waals surface area (Å²) in [6.07, 6.45) is 0. The van der Waals surface area contributed by atoms with E-state index in [1.807, 2.05) is 5.48 Å². The molecule has 0 spiro atoms. The second-order valence-electron chi connectivity index (χ2n) is 1.62. The van der Waals surface area contributed by atoms with Crippen LogP contribution in [0.25, 0.3) is 0 Å². The average molecular weight is 144 g/mol. The zero-order chi connectivity index (χ0) is 6.69. The van der Waals surface area contributed by atoms with Crippen molar-refractivity contribution in [2.75, 3.05) is 5.48 Å². The van der Waals surface area contributed by atoms with E-state index in [9.17, 15) is 0 Å². The largest absolute Gasteiger partial charge is 0.291 e. The molecule has 9 heavy (non-hydrogen) atoms. The predicted molar refractivity (Wildman–Crippen MR) is 36.9 cm³/mol. The Morgan fingerprint density at radius 1 is 1.44 bits per heavy atom. The van der Waals surface area contributed by atoms with E-state index < -0.39 is 0 Å². The van der Waals surface area contributed by atoms with Crippen LogP contribution in [0, 0.1) is 0 Å². The summed E-state index contributed by atoms with van der Waals surface area (Å²) in [7, 11) is 0. The summed E-state index contributed by atoms with van der Waals surface area (Å²) < 4.78 is 0. The molecule has 0 aliphatic carbocycles. The van der Waals surface area contributed by atoms with Crippen molar-refractivity contribution in [3.8, 4) is 0 Å². The quantitative estimate of drug-likeness (QED) is 0.591. The molecule has 0 saturated carbocycles. The van der Waals surface area contributed by atoms with Gasteiger partial charge in [-0.2, -0.15) is 0 Å². The van der Waals surface area contributed by atoms with Gasteiger partial charge in [-0.25, -0.2) is 0 Å². The first-order valence-electron chi connectivity index (χ1n) is 2.48. The maximum absolute atomic E-state index is 8.35. The van der Waals surface area contributed by atoms with Crippen LogP contribution in [0.4, 0.5) is 5.69 Å². The maximum Gasteiger partial charge on any atom is 0.0616 e. The molecule has 48 valence electrons. The summed E-state index contributed by atoms with van der Waals surface area (Å²) in [5.74, 6) is 0. The van der Waals surface area contributed by atoms with E-state index in [-0.39, 0.29) is 0 Å². The van der Waals surface area contributed by atoms with Gasteiger partial charge in [0.2, 0.25) is 0 Å². The van der Waals surface area contributed by atoms with Gasteiger partial charge in [0.25, 0.3) is 0 Å². The smallest absolute Gasteiger partial charge is 0.0616 e. The van der Waals surface area contributed by atoms with Crippen LogP contribution in [0.15, 0.2) is 24.3 Å². The van der Waals surface area contributed by atoms with Crippen LogP contribution < -0.4 is 5.48 Å². The van der Waals surface area contributed by atoms with Crippen LogP contribution in [-0.2, 0) is 0 Å². The van der Waals surface area contributed by atoms with Gasteiger partial charge in [-0.15, -0.1) is 0 Å². The molecule has 1 aromatic carbocycles. The van der Waals surface area contributed by atoms with Crippen molar-refractivity contribution >= 4 is 17.3 Å². The number of nitrogens with one attached hydrogen (secondary N) is 1. The molecule has 0 atom stereocenters. The minimum absolute atomic E-state index is 0.600. The molecular formula is C6H6ClNO. The molecule has 2 nitrogen and oxygen atoms in total. The van der Waals surface area contributed by atoms with Gasteiger partial charge in [0, 0.05) is 5.02 Å². The summed E-state index contributed by atoms with van der Waals surface area (Å²) in [6.45, 7) is 0. The number of hydrogen-bond acceptors (Lipinski definition) is 2. The highest BCUT2D eigenvalue weighted by Gasteiger charge is 1.87.